The lowest BCUT2D eigenvalue weighted by atomic mass is 9.87. The Bertz CT molecular complexity index is 2060. The summed E-state index contributed by atoms with van der Waals surface area (Å²) in [6.45, 7) is -3.40. The molecule has 58 heavy (non-hydrogen) atoms. The average molecular weight is 915 g/mol. The largest absolute Gasteiger partial charge is 0.481 e. The number of nitrogen functional groups attached to an aromatic ring is 1. The van der Waals surface area contributed by atoms with Crippen molar-refractivity contribution in [1.29, 1.82) is 0 Å². The maximum Gasteiger partial charge on any atom is 0.481 e. The van der Waals surface area contributed by atoms with Crippen molar-refractivity contribution in [2.45, 2.75) is 76.2 Å². The van der Waals surface area contributed by atoms with Crippen LogP contribution in [-0.2, 0) is 55.5 Å². The summed E-state index contributed by atoms with van der Waals surface area (Å²) in [7, 11) is -16.6. The van der Waals surface area contributed by atoms with Crippen LogP contribution in [0, 0.1) is 5.41 Å². The molecule has 1 aliphatic rings. The van der Waals surface area contributed by atoms with E-state index in [0.717, 1.165) is 17.2 Å². The number of thioether (sulfide) groups is 1. The number of ether oxygens (including phenoxy) is 1. The highest BCUT2D eigenvalue weighted by atomic mass is 32.2. The van der Waals surface area contributed by atoms with E-state index in [2.05, 4.69) is 34.4 Å². The van der Waals surface area contributed by atoms with Gasteiger partial charge in [-0.3, -0.25) is 37.3 Å². The lowest BCUT2D eigenvalue weighted by Crippen LogP contribution is -2.46. The molecular weight excluding hydrogens is 867 g/mol. The number of carboxylic acid groups (broad SMARTS) is 1. The molecule has 3 unspecified atom stereocenters. The van der Waals surface area contributed by atoms with E-state index in [-0.39, 0.29) is 42.2 Å². The van der Waals surface area contributed by atoms with Gasteiger partial charge < -0.3 is 61.1 Å². The van der Waals surface area contributed by atoms with Gasteiger partial charge in [-0.25, -0.2) is 28.6 Å². The molecule has 1 fully saturated rings. The van der Waals surface area contributed by atoms with Crippen molar-refractivity contribution in [3.8, 4) is 0 Å². The van der Waals surface area contributed by atoms with Crippen LogP contribution >= 0.6 is 35.2 Å². The molecule has 0 bridgehead atoms. The third kappa shape index (κ3) is 15.2. The van der Waals surface area contributed by atoms with Crippen molar-refractivity contribution in [3.05, 3.63) is 12.7 Å². The first-order valence-corrected chi connectivity index (χ1v) is 21.9. The molecule has 0 radical (unpaired) electrons. The van der Waals surface area contributed by atoms with Crippen molar-refractivity contribution in [1.82, 2.24) is 30.2 Å². The number of hydrogen-bond acceptors (Lipinski definition) is 20. The van der Waals surface area contributed by atoms with Crippen molar-refractivity contribution < 1.29 is 99.6 Å². The number of fused-ring (bicyclic) bond motifs is 1. The van der Waals surface area contributed by atoms with Crippen LogP contribution < -0.4 is 16.4 Å². The zero-order valence-corrected chi connectivity index (χ0v) is 33.8. The molecular formula is C27H44N7O20P3S. The number of aliphatic carboxylic acids is 1. The van der Waals surface area contributed by atoms with E-state index in [0.29, 0.717) is 11.8 Å². The van der Waals surface area contributed by atoms with Crippen molar-refractivity contribution in [2.24, 2.45) is 5.41 Å². The molecule has 8 atom stereocenters. The Balaban J connectivity index is 1.46. The summed E-state index contributed by atoms with van der Waals surface area (Å²) in [5.74, 6) is -3.51. The molecule has 3 rings (SSSR count). The highest BCUT2D eigenvalue weighted by Crippen LogP contribution is 2.61. The van der Waals surface area contributed by atoms with E-state index in [1.165, 1.54) is 13.8 Å². The number of aromatic nitrogens is 4. The average Bonchev–Trinajstić information content (AvgIpc) is 3.67. The number of aliphatic hydroxyl groups is 3. The molecule has 27 nitrogen and oxygen atoms in total. The van der Waals surface area contributed by atoms with Gasteiger partial charge in [-0.2, -0.15) is 4.31 Å². The summed E-state index contributed by atoms with van der Waals surface area (Å²) in [5.41, 5.74) is 1.31. The van der Waals surface area contributed by atoms with Gasteiger partial charge in [0, 0.05) is 41.2 Å². The zero-order chi connectivity index (χ0) is 46.4. The first-order valence-electron chi connectivity index (χ1n) is 17.9. The second-order valence-electron chi connectivity index (χ2n) is 13.1. The predicted octanol–water partition coefficient (Wildman–Crippen LogP) is -1.72. The minimum Gasteiger partial charge on any atom is -0.481 e. The van der Waals surface area contributed by atoms with Crippen molar-refractivity contribution in [2.75, 3.05) is 37.8 Å². The van der Waals surface area contributed by atoms with Crippen LogP contribution in [0.15, 0.2) is 12.7 Å². The minimum atomic E-state index is -5.63. The van der Waals surface area contributed by atoms with Gasteiger partial charge in [0.25, 0.3) is 0 Å². The Labute approximate surface area is 336 Å². The van der Waals surface area contributed by atoms with E-state index in [9.17, 15) is 67.8 Å². The number of nitrogens with two attached hydrogens (primary N) is 1. The number of carbonyl (C=O) groups is 4. The Morgan fingerprint density at radius 1 is 1.07 bits per heavy atom. The number of anilines is 1. The Morgan fingerprint density at radius 2 is 1.74 bits per heavy atom. The topological polar surface area (TPSA) is 421 Å². The van der Waals surface area contributed by atoms with Crippen LogP contribution in [0.4, 0.5) is 5.82 Å². The van der Waals surface area contributed by atoms with Crippen LogP contribution in [0.2, 0.25) is 0 Å². The number of carboxylic acids is 1. The molecule has 0 aliphatic carbocycles. The van der Waals surface area contributed by atoms with Gasteiger partial charge in [0.15, 0.2) is 22.8 Å². The number of phosphoric ester groups is 3. The van der Waals surface area contributed by atoms with Crippen LogP contribution in [0.3, 0.4) is 0 Å². The summed E-state index contributed by atoms with van der Waals surface area (Å²) in [4.78, 5) is 98.7. The number of nitrogens with zero attached hydrogens (tertiary/aromatic N) is 4. The molecule has 12 N–H and O–H groups in total. The van der Waals surface area contributed by atoms with Gasteiger partial charge >= 0.3 is 29.4 Å². The van der Waals surface area contributed by atoms with Gasteiger partial charge in [0.1, 0.15) is 36.3 Å². The zero-order valence-electron chi connectivity index (χ0n) is 33.3. The summed E-state index contributed by atoms with van der Waals surface area (Å²) in [6, 6.07) is 0. The molecule has 2 amide bonds. The maximum atomic E-state index is 12.7. The fourth-order valence-electron chi connectivity index (χ4n) is 4.90. The smallest absolute Gasteiger partial charge is 0.481 e. The number of amides is 2. The van der Waals surface area contributed by atoms with Gasteiger partial charge in [-0.1, -0.05) is 25.6 Å². The van der Waals surface area contributed by atoms with Gasteiger partial charge in [0.2, 0.25) is 11.8 Å². The van der Waals surface area contributed by atoms with Crippen LogP contribution in [-0.4, -0.2) is 144 Å². The molecule has 1 aliphatic heterocycles. The van der Waals surface area contributed by atoms with Crippen LogP contribution in [0.25, 0.3) is 11.2 Å². The number of imidazole rings is 1. The monoisotopic (exact) mass is 914 g/mol. The second kappa shape index (κ2) is 20.0. The van der Waals surface area contributed by atoms with E-state index in [4.69, 9.17) is 28.7 Å². The lowest BCUT2D eigenvalue weighted by Gasteiger charge is -2.30. The number of hydrogen-bond donors (Lipinski definition) is 11. The van der Waals surface area contributed by atoms with E-state index < -0.39 is 121 Å². The van der Waals surface area contributed by atoms with E-state index in [1.54, 1.807) is 0 Å². The third-order valence-corrected chi connectivity index (χ3v) is 11.6. The number of aliphatic hydroxyl groups excluding tert-OH is 2. The molecule has 2 aromatic rings. The Morgan fingerprint density at radius 3 is 2.38 bits per heavy atom. The van der Waals surface area contributed by atoms with Gasteiger partial charge in [-0.05, 0) is 6.85 Å². The highest BCUT2D eigenvalue weighted by Gasteiger charge is 2.50. The lowest BCUT2D eigenvalue weighted by molar-refractivity contribution is -0.142. The number of nitrogens with one attached hydrogen (secondary N) is 2. The first kappa shape index (κ1) is 44.5. The summed E-state index contributed by atoms with van der Waals surface area (Å²) >= 11 is 0.537. The summed E-state index contributed by atoms with van der Waals surface area (Å²) in [6.07, 6.45) is -9.57. The second-order valence-corrected chi connectivity index (χ2v) is 18.5. The van der Waals surface area contributed by atoms with Crippen molar-refractivity contribution in [3.63, 3.8) is 0 Å². The molecule has 0 spiro atoms. The maximum absolute atomic E-state index is 12.7. The number of rotatable bonds is 23. The molecule has 0 aromatic carbocycles. The molecule has 2 aromatic heterocycles. The van der Waals surface area contributed by atoms with Gasteiger partial charge in [-0.15, -0.1) is 0 Å². The number of phosphoric acid groups is 3. The normalized spacial score (nSPS) is 23.4. The Kier molecular flexibility index (Phi) is 15.4. The molecule has 3 heterocycles. The predicted molar refractivity (Wildman–Crippen MR) is 195 cm³/mol. The Hall–Kier alpha value is -3.01. The third-order valence-electron chi connectivity index (χ3n) is 7.65. The summed E-state index contributed by atoms with van der Waals surface area (Å²) in [5, 5.41) is 44.3. The molecule has 0 saturated carbocycles. The highest BCUT2D eigenvalue weighted by molar-refractivity contribution is 8.13. The summed E-state index contributed by atoms with van der Waals surface area (Å²) < 4.78 is 84.0. The van der Waals surface area contributed by atoms with Crippen LogP contribution in [0.1, 0.15) is 50.3 Å². The molecule has 328 valence electrons. The van der Waals surface area contributed by atoms with Crippen LogP contribution in [0.5, 0.6) is 0 Å². The molecule has 31 heteroatoms. The SMILES string of the molecule is [2H]C([2H])([2H])C(O)(CC(=O)O)CC(=O)SCCNC(=O)CCNC(=O)[C@H](O)C(C)(C)COP(=O)(O)OP(=O)(O)OC[C@H]1O[C@@H](n2cnc3c(N)ncnc32)[C@H](O)[C@@H]1OP(=O)(O)O. The van der Waals surface area contributed by atoms with Gasteiger partial charge in [0.05, 0.1) is 31.6 Å². The number of carbonyl (C=O) groups excluding carboxylic acids is 3. The fraction of sp³-hybridized carbons (Fsp3) is 0.667. The first-order chi connectivity index (χ1) is 27.9. The standard InChI is InChI=1S/C27H44N7O20P3S/c1-26(2,21(40)24(41)30-5-4-15(35)29-6-7-58-17(38)9-27(3,42)8-16(36)37)11-51-57(48,49)54-56(46,47)50-10-14-20(53-55(43,44)45)19(39)25(52-14)34-13-33-18-22(28)31-12-32-23(18)34/h12-14,19-21,25,39-40,42H,4-11H2,1-3H3,(H,29,35)(H,30,41)(H,36,37)(H,46,47)(H,48,49)(H2,28,31,32)(H2,43,44,45)/t14-,19-,20-,21+,25-,27?/m1/s1/i3D3. The quantitative estimate of drug-likeness (QED) is 0.0436. The van der Waals surface area contributed by atoms with E-state index >= 15 is 0 Å². The fourth-order valence-corrected chi connectivity index (χ4v) is 8.50. The van der Waals surface area contributed by atoms with E-state index in [1.807, 2.05) is 0 Å². The van der Waals surface area contributed by atoms with Crippen molar-refractivity contribution >= 4 is 75.1 Å². The minimum absolute atomic E-state index is 0.00301. The molecule has 1 saturated heterocycles.